The number of ether oxygens (including phenoxy) is 3. The maximum absolute atomic E-state index is 14.1. The molecular formula is C35H44N4O9S. The number of alkyl carbamates (subject to hydrolysis) is 1. The van der Waals surface area contributed by atoms with Crippen LogP contribution in [0.15, 0.2) is 83.8 Å². The second kappa shape index (κ2) is 17.3. The summed E-state index contributed by atoms with van der Waals surface area (Å²) >= 11 is 0. The van der Waals surface area contributed by atoms with Crippen molar-refractivity contribution >= 4 is 27.8 Å². The summed E-state index contributed by atoms with van der Waals surface area (Å²) in [6.07, 6.45) is -1.59. The van der Waals surface area contributed by atoms with Crippen LogP contribution in [0.5, 0.6) is 0 Å². The molecule has 0 radical (unpaired) electrons. The van der Waals surface area contributed by atoms with Crippen LogP contribution in [0.2, 0.25) is 0 Å². The van der Waals surface area contributed by atoms with Gasteiger partial charge in [-0.05, 0) is 48.9 Å². The van der Waals surface area contributed by atoms with Crippen LogP contribution in [0.3, 0.4) is 0 Å². The van der Waals surface area contributed by atoms with Gasteiger partial charge < -0.3 is 25.3 Å². The van der Waals surface area contributed by atoms with Gasteiger partial charge in [0.1, 0.15) is 18.2 Å². The number of hydrogen-bond donors (Lipinski definition) is 2. The van der Waals surface area contributed by atoms with Crippen LogP contribution >= 0.6 is 0 Å². The topological polar surface area (TPSA) is 180 Å². The molecule has 3 aromatic rings. The van der Waals surface area contributed by atoms with Crippen molar-refractivity contribution in [1.82, 2.24) is 9.62 Å². The zero-order valence-electron chi connectivity index (χ0n) is 27.9. The highest BCUT2D eigenvalue weighted by molar-refractivity contribution is 7.89. The van der Waals surface area contributed by atoms with Crippen LogP contribution in [0.4, 0.5) is 10.5 Å². The average Bonchev–Trinajstić information content (AvgIpc) is 3.58. The van der Waals surface area contributed by atoms with E-state index in [0.29, 0.717) is 13.0 Å². The summed E-state index contributed by atoms with van der Waals surface area (Å²) in [4.78, 5) is 37.3. The number of benzene rings is 3. The van der Waals surface area contributed by atoms with Crippen LogP contribution in [-0.4, -0.2) is 80.3 Å². The van der Waals surface area contributed by atoms with E-state index in [1.54, 1.807) is 0 Å². The molecule has 1 amide bonds. The third-order valence-electron chi connectivity index (χ3n) is 8.00. The molecule has 13 nitrogen and oxygen atoms in total. The maximum atomic E-state index is 14.1. The molecule has 264 valence electrons. The van der Waals surface area contributed by atoms with E-state index in [1.807, 2.05) is 75.4 Å². The summed E-state index contributed by atoms with van der Waals surface area (Å²) in [7, 11) is -4.27. The van der Waals surface area contributed by atoms with Gasteiger partial charge in [0.15, 0.2) is 0 Å². The molecule has 1 aliphatic rings. The second-order valence-corrected chi connectivity index (χ2v) is 14.5. The van der Waals surface area contributed by atoms with Gasteiger partial charge in [-0.1, -0.05) is 74.0 Å². The monoisotopic (exact) mass is 696 g/mol. The number of carbonyl (C=O) groups is 2. The smallest absolute Gasteiger partial charge is 0.407 e. The number of aryl methyl sites for hydroxylation is 1. The molecule has 3 aromatic carbocycles. The Morgan fingerprint density at radius 3 is 2.24 bits per heavy atom. The number of esters is 1. The number of nitro groups is 1. The van der Waals surface area contributed by atoms with Gasteiger partial charge in [-0.2, -0.15) is 4.31 Å². The minimum atomic E-state index is -4.27. The highest BCUT2D eigenvalue weighted by Gasteiger charge is 2.36. The van der Waals surface area contributed by atoms with Crippen LogP contribution in [0.1, 0.15) is 37.0 Å². The molecule has 0 bridgehead atoms. The number of nitrogens with two attached hydrogens (primary N) is 1. The third kappa shape index (κ3) is 11.1. The number of hydrogen-bond acceptors (Lipinski definition) is 10. The number of nitro benzene ring substituents is 1. The lowest BCUT2D eigenvalue weighted by atomic mass is 10.0. The Bertz CT molecular complexity index is 1650. The van der Waals surface area contributed by atoms with Crippen LogP contribution in [-0.2, 0) is 41.9 Å². The first-order chi connectivity index (χ1) is 23.3. The zero-order chi connectivity index (χ0) is 35.6. The Hall–Kier alpha value is -4.37. The number of nitrogens with one attached hydrogen (secondary N) is 1. The van der Waals surface area contributed by atoms with E-state index in [9.17, 15) is 28.1 Å². The molecule has 1 heterocycles. The summed E-state index contributed by atoms with van der Waals surface area (Å²) in [5.74, 6) is -0.943. The first-order valence-corrected chi connectivity index (χ1v) is 17.6. The Balaban J connectivity index is 1.69. The van der Waals surface area contributed by atoms with Gasteiger partial charge in [0.2, 0.25) is 10.0 Å². The van der Waals surface area contributed by atoms with Gasteiger partial charge in [-0.3, -0.25) is 14.9 Å². The number of amides is 1. The van der Waals surface area contributed by atoms with E-state index in [1.165, 1.54) is 12.1 Å². The Morgan fingerprint density at radius 2 is 1.65 bits per heavy atom. The number of non-ortho nitro benzene ring substituents is 1. The molecule has 0 spiro atoms. The third-order valence-corrected chi connectivity index (χ3v) is 9.84. The van der Waals surface area contributed by atoms with Gasteiger partial charge in [0.25, 0.3) is 5.69 Å². The molecule has 49 heavy (non-hydrogen) atoms. The standard InChI is InChI=1S/C35H44N4O9S/c1-24(2)21-38(49(44,45)30-15-13-28(14-16-30)39(42)43)22-33(48-34(40)31(36)19-27-11-9-25(3)10-12-27)32(20-26-7-5-4-6-8-26)37-35(41)47-29-17-18-46-23-29/h4-16,24,29,31-33H,17-23,36H2,1-3H3,(H,37,41)/t29?,31?,32-,33?/m0/s1. The van der Waals surface area contributed by atoms with Crippen molar-refractivity contribution in [2.24, 2.45) is 11.7 Å². The van der Waals surface area contributed by atoms with Crippen molar-refractivity contribution in [2.45, 2.75) is 69.2 Å². The normalized spacial score (nSPS) is 16.6. The molecular weight excluding hydrogens is 652 g/mol. The van der Waals surface area contributed by atoms with E-state index in [0.717, 1.165) is 33.1 Å². The van der Waals surface area contributed by atoms with E-state index in [2.05, 4.69) is 5.32 Å². The summed E-state index contributed by atoms with van der Waals surface area (Å²) in [6.45, 7) is 5.97. The Morgan fingerprint density at radius 1 is 1.00 bits per heavy atom. The minimum absolute atomic E-state index is 0.0186. The van der Waals surface area contributed by atoms with Crippen molar-refractivity contribution < 1.29 is 37.1 Å². The average molecular weight is 697 g/mol. The van der Waals surface area contributed by atoms with Crippen molar-refractivity contribution in [3.05, 3.63) is 106 Å². The SMILES string of the molecule is Cc1ccc(CC(N)C(=O)OC(CN(CC(C)C)S(=O)(=O)c2ccc([N+](=O)[O-])cc2)[C@H](Cc2ccccc2)NC(=O)OC2CCOC2)cc1. The fourth-order valence-electron chi connectivity index (χ4n) is 5.40. The summed E-state index contributed by atoms with van der Waals surface area (Å²) in [5.41, 5.74) is 8.73. The predicted molar refractivity (Wildman–Crippen MR) is 182 cm³/mol. The maximum Gasteiger partial charge on any atom is 0.407 e. The van der Waals surface area contributed by atoms with Crippen molar-refractivity contribution in [2.75, 3.05) is 26.3 Å². The van der Waals surface area contributed by atoms with Crippen LogP contribution in [0.25, 0.3) is 0 Å². The first-order valence-electron chi connectivity index (χ1n) is 16.2. The molecule has 3 N–H and O–H groups in total. The fraction of sp³-hybridized carbons (Fsp3) is 0.429. The highest BCUT2D eigenvalue weighted by atomic mass is 32.2. The molecule has 0 aliphatic carbocycles. The van der Waals surface area contributed by atoms with Crippen molar-refractivity contribution in [3.8, 4) is 0 Å². The molecule has 14 heteroatoms. The largest absolute Gasteiger partial charge is 0.458 e. The number of sulfonamides is 1. The number of nitrogens with zero attached hydrogens (tertiary/aromatic N) is 2. The molecule has 1 aliphatic heterocycles. The quantitative estimate of drug-likeness (QED) is 0.125. The molecule has 1 saturated heterocycles. The number of carbonyl (C=O) groups excluding carboxylic acids is 2. The van der Waals surface area contributed by atoms with E-state index in [4.69, 9.17) is 19.9 Å². The molecule has 0 aromatic heterocycles. The summed E-state index contributed by atoms with van der Waals surface area (Å²) in [6, 6.07) is 19.2. The van der Waals surface area contributed by atoms with E-state index >= 15 is 0 Å². The zero-order valence-corrected chi connectivity index (χ0v) is 28.7. The summed E-state index contributed by atoms with van der Waals surface area (Å²) < 4.78 is 46.3. The molecule has 1 fully saturated rings. The van der Waals surface area contributed by atoms with Gasteiger partial charge in [0.05, 0.1) is 35.6 Å². The van der Waals surface area contributed by atoms with Gasteiger partial charge in [-0.15, -0.1) is 0 Å². The van der Waals surface area contributed by atoms with E-state index < -0.39 is 51.3 Å². The first kappa shape index (κ1) is 37.4. The fourth-order valence-corrected chi connectivity index (χ4v) is 7.01. The van der Waals surface area contributed by atoms with Gasteiger partial charge >= 0.3 is 12.1 Å². The van der Waals surface area contributed by atoms with E-state index in [-0.39, 0.29) is 49.0 Å². The van der Waals surface area contributed by atoms with Gasteiger partial charge in [0, 0.05) is 25.1 Å². The molecule has 0 saturated carbocycles. The van der Waals surface area contributed by atoms with Crippen molar-refractivity contribution in [3.63, 3.8) is 0 Å². The Labute approximate surface area is 286 Å². The van der Waals surface area contributed by atoms with Crippen LogP contribution in [0, 0.1) is 23.0 Å². The lowest BCUT2D eigenvalue weighted by molar-refractivity contribution is -0.384. The second-order valence-electron chi connectivity index (χ2n) is 12.6. The van der Waals surface area contributed by atoms with Gasteiger partial charge in [-0.25, -0.2) is 13.2 Å². The lowest BCUT2D eigenvalue weighted by Crippen LogP contribution is -2.54. The minimum Gasteiger partial charge on any atom is -0.458 e. The van der Waals surface area contributed by atoms with Crippen LogP contribution < -0.4 is 11.1 Å². The predicted octanol–water partition coefficient (Wildman–Crippen LogP) is 4.16. The Kier molecular flexibility index (Phi) is 13.2. The highest BCUT2D eigenvalue weighted by Crippen LogP contribution is 2.23. The number of rotatable bonds is 16. The summed E-state index contributed by atoms with van der Waals surface area (Å²) in [5, 5.41) is 14.1. The molecule has 4 rings (SSSR count). The molecule has 3 unspecified atom stereocenters. The van der Waals surface area contributed by atoms with Crippen molar-refractivity contribution in [1.29, 1.82) is 0 Å². The molecule has 4 atom stereocenters. The lowest BCUT2D eigenvalue weighted by Gasteiger charge is -2.33.